The molecule has 1 heteroatoms. The summed E-state index contributed by atoms with van der Waals surface area (Å²) in [5.74, 6) is 2.09. The minimum Gasteiger partial charge on any atom is -0.316 e. The highest BCUT2D eigenvalue weighted by atomic mass is 14.9. The van der Waals surface area contributed by atoms with Gasteiger partial charge in [0.1, 0.15) is 0 Å². The Bertz CT molecular complexity index is 326. The van der Waals surface area contributed by atoms with Gasteiger partial charge in [-0.15, -0.1) is 0 Å². The lowest BCUT2D eigenvalue weighted by molar-refractivity contribution is 0.409. The van der Waals surface area contributed by atoms with Crippen molar-refractivity contribution in [1.82, 2.24) is 5.32 Å². The zero-order valence-corrected chi connectivity index (χ0v) is 12.7. The quantitative estimate of drug-likeness (QED) is 0.754. The highest BCUT2D eigenvalue weighted by Gasteiger charge is 2.17. The monoisotopic (exact) mass is 247 g/mol. The third kappa shape index (κ3) is 4.81. The zero-order valence-electron chi connectivity index (χ0n) is 12.7. The molecule has 0 fully saturated rings. The Morgan fingerprint density at radius 3 is 2.11 bits per heavy atom. The first kappa shape index (κ1) is 15.2. The first-order valence-corrected chi connectivity index (χ1v) is 7.31. The van der Waals surface area contributed by atoms with Gasteiger partial charge in [-0.25, -0.2) is 0 Å². The van der Waals surface area contributed by atoms with Crippen molar-refractivity contribution in [1.29, 1.82) is 0 Å². The predicted octanol–water partition coefficient (Wildman–Crippen LogP) is 4.37. The van der Waals surface area contributed by atoms with E-state index in [-0.39, 0.29) is 0 Å². The van der Waals surface area contributed by atoms with Crippen LogP contribution >= 0.6 is 0 Å². The molecule has 1 aromatic carbocycles. The van der Waals surface area contributed by atoms with E-state index in [1.165, 1.54) is 17.5 Å². The molecule has 0 bridgehead atoms. The molecule has 2 unspecified atom stereocenters. The summed E-state index contributed by atoms with van der Waals surface area (Å²) in [6.45, 7) is 13.5. The molecule has 0 saturated carbocycles. The van der Waals surface area contributed by atoms with Gasteiger partial charge < -0.3 is 5.32 Å². The fourth-order valence-corrected chi connectivity index (χ4v) is 2.27. The summed E-state index contributed by atoms with van der Waals surface area (Å²) in [6, 6.07) is 9.05. The van der Waals surface area contributed by atoms with Gasteiger partial charge in [-0.3, -0.25) is 0 Å². The van der Waals surface area contributed by atoms with Gasteiger partial charge in [0, 0.05) is 6.54 Å². The van der Waals surface area contributed by atoms with Crippen molar-refractivity contribution in [3.05, 3.63) is 35.4 Å². The van der Waals surface area contributed by atoms with Crippen LogP contribution in [0.3, 0.4) is 0 Å². The second-order valence-corrected chi connectivity index (χ2v) is 5.95. The average molecular weight is 247 g/mol. The van der Waals surface area contributed by atoms with Crippen LogP contribution in [0.5, 0.6) is 0 Å². The Kier molecular flexibility index (Phi) is 6.42. The van der Waals surface area contributed by atoms with E-state index in [9.17, 15) is 0 Å². The summed E-state index contributed by atoms with van der Waals surface area (Å²) in [6.07, 6.45) is 1.24. The Balaban J connectivity index is 2.68. The van der Waals surface area contributed by atoms with E-state index in [1.807, 2.05) is 0 Å². The molecule has 2 atom stereocenters. The molecular weight excluding hydrogens is 218 g/mol. The summed E-state index contributed by atoms with van der Waals surface area (Å²) < 4.78 is 0. The third-order valence-electron chi connectivity index (χ3n) is 3.75. The SMILES string of the molecule is CCC(C)C(CNCC(C)C)c1ccc(C)cc1. The van der Waals surface area contributed by atoms with E-state index in [0.717, 1.165) is 24.9 Å². The molecule has 0 spiro atoms. The Hall–Kier alpha value is -0.820. The summed E-state index contributed by atoms with van der Waals surface area (Å²) in [5.41, 5.74) is 2.82. The van der Waals surface area contributed by atoms with E-state index in [1.54, 1.807) is 0 Å². The van der Waals surface area contributed by atoms with Crippen molar-refractivity contribution in [3.63, 3.8) is 0 Å². The molecule has 0 aliphatic heterocycles. The van der Waals surface area contributed by atoms with E-state index < -0.39 is 0 Å². The summed E-state index contributed by atoms with van der Waals surface area (Å²) in [7, 11) is 0. The number of nitrogens with one attached hydrogen (secondary N) is 1. The smallest absolute Gasteiger partial charge is 0.00228 e. The van der Waals surface area contributed by atoms with Gasteiger partial charge >= 0.3 is 0 Å². The molecule has 18 heavy (non-hydrogen) atoms. The van der Waals surface area contributed by atoms with Crippen LogP contribution in [-0.4, -0.2) is 13.1 Å². The number of rotatable bonds is 7. The minimum atomic E-state index is 0.634. The van der Waals surface area contributed by atoms with Crippen LogP contribution in [0.25, 0.3) is 0 Å². The lowest BCUT2D eigenvalue weighted by Gasteiger charge is -2.24. The van der Waals surface area contributed by atoms with Crippen LogP contribution in [0.2, 0.25) is 0 Å². The van der Waals surface area contributed by atoms with Gasteiger partial charge in [-0.1, -0.05) is 63.9 Å². The number of aryl methyl sites for hydroxylation is 1. The maximum atomic E-state index is 3.61. The van der Waals surface area contributed by atoms with Crippen LogP contribution in [-0.2, 0) is 0 Å². The summed E-state index contributed by atoms with van der Waals surface area (Å²) in [4.78, 5) is 0. The van der Waals surface area contributed by atoms with Crippen molar-refractivity contribution >= 4 is 0 Å². The highest BCUT2D eigenvalue weighted by molar-refractivity contribution is 5.25. The summed E-state index contributed by atoms with van der Waals surface area (Å²) >= 11 is 0. The standard InChI is InChI=1S/C17H29N/c1-6-15(5)17(12-18-11-13(2)3)16-9-7-14(4)8-10-16/h7-10,13,15,17-18H,6,11-12H2,1-5H3. The van der Waals surface area contributed by atoms with Crippen LogP contribution in [0.4, 0.5) is 0 Å². The Morgan fingerprint density at radius 1 is 1.00 bits per heavy atom. The maximum absolute atomic E-state index is 3.61. The van der Waals surface area contributed by atoms with Crippen molar-refractivity contribution in [2.75, 3.05) is 13.1 Å². The summed E-state index contributed by atoms with van der Waals surface area (Å²) in [5, 5.41) is 3.61. The van der Waals surface area contributed by atoms with Gasteiger partial charge in [0.2, 0.25) is 0 Å². The second kappa shape index (κ2) is 7.58. The molecule has 1 nitrogen and oxygen atoms in total. The largest absolute Gasteiger partial charge is 0.316 e. The van der Waals surface area contributed by atoms with Crippen molar-refractivity contribution in [2.24, 2.45) is 11.8 Å². The fraction of sp³-hybridized carbons (Fsp3) is 0.647. The first-order chi connectivity index (χ1) is 8.54. The normalized spacial score (nSPS) is 14.8. The van der Waals surface area contributed by atoms with Gasteiger partial charge in [-0.2, -0.15) is 0 Å². The van der Waals surface area contributed by atoms with Crippen LogP contribution in [0.15, 0.2) is 24.3 Å². The molecule has 0 aromatic heterocycles. The highest BCUT2D eigenvalue weighted by Crippen LogP contribution is 2.26. The molecule has 0 amide bonds. The molecule has 1 N–H and O–H groups in total. The van der Waals surface area contributed by atoms with Gasteiger partial charge in [0.25, 0.3) is 0 Å². The number of hydrogen-bond donors (Lipinski definition) is 1. The average Bonchev–Trinajstić information content (AvgIpc) is 2.35. The van der Waals surface area contributed by atoms with E-state index >= 15 is 0 Å². The molecule has 0 radical (unpaired) electrons. The first-order valence-electron chi connectivity index (χ1n) is 7.31. The van der Waals surface area contributed by atoms with Crippen LogP contribution < -0.4 is 5.32 Å². The molecule has 0 saturated heterocycles. The fourth-order valence-electron chi connectivity index (χ4n) is 2.27. The molecule has 1 aromatic rings. The van der Waals surface area contributed by atoms with Gasteiger partial charge in [0.15, 0.2) is 0 Å². The zero-order chi connectivity index (χ0) is 13.5. The van der Waals surface area contributed by atoms with Crippen LogP contribution in [0.1, 0.15) is 51.2 Å². The lowest BCUT2D eigenvalue weighted by Crippen LogP contribution is -2.28. The van der Waals surface area contributed by atoms with E-state index in [2.05, 4.69) is 64.2 Å². The van der Waals surface area contributed by atoms with Crippen molar-refractivity contribution in [2.45, 2.75) is 47.0 Å². The number of benzene rings is 1. The van der Waals surface area contributed by atoms with Gasteiger partial charge in [-0.05, 0) is 36.8 Å². The van der Waals surface area contributed by atoms with Gasteiger partial charge in [0.05, 0.1) is 0 Å². The number of hydrogen-bond acceptors (Lipinski definition) is 1. The Morgan fingerprint density at radius 2 is 1.61 bits per heavy atom. The maximum Gasteiger partial charge on any atom is 0.00228 e. The molecule has 1 rings (SSSR count). The Labute approximate surface area is 113 Å². The molecule has 0 heterocycles. The predicted molar refractivity (Wildman–Crippen MR) is 81.1 cm³/mol. The third-order valence-corrected chi connectivity index (χ3v) is 3.75. The minimum absolute atomic E-state index is 0.634. The molecule has 0 aliphatic rings. The van der Waals surface area contributed by atoms with E-state index in [0.29, 0.717) is 5.92 Å². The second-order valence-electron chi connectivity index (χ2n) is 5.95. The molecule has 0 aliphatic carbocycles. The van der Waals surface area contributed by atoms with Crippen molar-refractivity contribution < 1.29 is 0 Å². The topological polar surface area (TPSA) is 12.0 Å². The lowest BCUT2D eigenvalue weighted by atomic mass is 9.85. The molecular formula is C17H29N. The van der Waals surface area contributed by atoms with Crippen LogP contribution in [0, 0.1) is 18.8 Å². The van der Waals surface area contributed by atoms with E-state index in [4.69, 9.17) is 0 Å². The molecule has 102 valence electrons. The van der Waals surface area contributed by atoms with Crippen molar-refractivity contribution in [3.8, 4) is 0 Å².